The van der Waals surface area contributed by atoms with Gasteiger partial charge in [-0.3, -0.25) is 0 Å². The zero-order valence-electron chi connectivity index (χ0n) is 9.06. The minimum absolute atomic E-state index is 0. The smallest absolute Gasteiger partial charge is 0.187 e. The first-order valence-electron chi connectivity index (χ1n) is 5.85. The molecule has 0 aliphatic rings. The predicted molar refractivity (Wildman–Crippen MR) is 67.8 cm³/mol. The highest BCUT2D eigenvalue weighted by molar-refractivity contribution is 5.75. The van der Waals surface area contributed by atoms with Gasteiger partial charge in [0.1, 0.15) is 6.29 Å². The van der Waals surface area contributed by atoms with Gasteiger partial charge in [-0.05, 0) is 6.42 Å². The van der Waals surface area contributed by atoms with Crippen molar-refractivity contribution in [2.45, 2.75) is 71.1 Å². The van der Waals surface area contributed by atoms with E-state index in [0.29, 0.717) is 0 Å². The lowest BCUT2D eigenvalue weighted by atomic mass is 10.1. The molecule has 0 bridgehead atoms. The summed E-state index contributed by atoms with van der Waals surface area (Å²) >= 11 is 0. The summed E-state index contributed by atoms with van der Waals surface area (Å²) in [7, 11) is 0. The lowest BCUT2D eigenvalue weighted by Gasteiger charge is -1.99. The van der Waals surface area contributed by atoms with Crippen molar-refractivity contribution in [3.63, 3.8) is 0 Å². The normalized spacial score (nSPS) is 9.50. The molecule has 0 rings (SSSR count). The summed E-state index contributed by atoms with van der Waals surface area (Å²) in [6, 6.07) is 0. The van der Waals surface area contributed by atoms with Crippen LogP contribution in [-0.4, -0.2) is 23.6 Å². The monoisotopic (exact) mass is 214 g/mol. The van der Waals surface area contributed by atoms with Crippen molar-refractivity contribution >= 4 is 23.6 Å². The minimum atomic E-state index is 0. The van der Waals surface area contributed by atoms with Gasteiger partial charge in [-0.25, -0.2) is 0 Å². The van der Waals surface area contributed by atoms with Gasteiger partial charge in [-0.15, -0.1) is 0 Å². The molecule has 0 radical (unpaired) electrons. The third-order valence-electron chi connectivity index (χ3n) is 2.43. The molecule has 14 heavy (non-hydrogen) atoms. The summed E-state index contributed by atoms with van der Waals surface area (Å²) < 4.78 is 0. The minimum Gasteiger partial charge on any atom is -0.303 e. The molecule has 0 aromatic carbocycles. The first kappa shape index (κ1) is 16.6. The maximum Gasteiger partial charge on any atom is 0.187 e. The van der Waals surface area contributed by atoms with Crippen LogP contribution in [0.2, 0.25) is 0 Å². The second-order valence-corrected chi connectivity index (χ2v) is 3.78. The Labute approximate surface area is 99.8 Å². The lowest BCUT2D eigenvalue weighted by Crippen LogP contribution is -1.81. The molecule has 0 atom stereocenters. The number of hydrogen-bond donors (Lipinski definition) is 0. The Balaban J connectivity index is 0. The first-order chi connectivity index (χ1) is 6.41. The summed E-state index contributed by atoms with van der Waals surface area (Å²) in [5.41, 5.74) is 0. The zero-order chi connectivity index (χ0) is 9.78. The SMILES string of the molecule is CCCCCCCCCCCC=O.[AlH3]. The summed E-state index contributed by atoms with van der Waals surface area (Å²) in [4.78, 5) is 10.0. The molecule has 0 N–H and O–H groups in total. The average Bonchev–Trinajstić information content (AvgIpc) is 2.16. The largest absolute Gasteiger partial charge is 0.303 e. The molecule has 0 unspecified atom stereocenters. The van der Waals surface area contributed by atoms with E-state index >= 15 is 0 Å². The standard InChI is InChI=1S/C12H24O.Al.3H/c1-2-3-4-5-6-7-8-9-10-11-12-13;;;;/h12H,2-11H2,1H3;;;;. The Morgan fingerprint density at radius 2 is 1.21 bits per heavy atom. The van der Waals surface area contributed by atoms with Gasteiger partial charge >= 0.3 is 0 Å². The van der Waals surface area contributed by atoms with Crippen LogP contribution in [0.1, 0.15) is 71.1 Å². The third-order valence-corrected chi connectivity index (χ3v) is 2.43. The van der Waals surface area contributed by atoms with Crippen LogP contribution in [0.15, 0.2) is 0 Å². The second-order valence-electron chi connectivity index (χ2n) is 3.78. The van der Waals surface area contributed by atoms with Gasteiger partial charge in [0.25, 0.3) is 0 Å². The van der Waals surface area contributed by atoms with Crippen molar-refractivity contribution in [1.82, 2.24) is 0 Å². The molecule has 0 spiro atoms. The van der Waals surface area contributed by atoms with Gasteiger partial charge in [0.15, 0.2) is 17.4 Å². The zero-order valence-corrected chi connectivity index (χ0v) is 9.06. The Morgan fingerprint density at radius 3 is 1.64 bits per heavy atom. The molecule has 0 fully saturated rings. The highest BCUT2D eigenvalue weighted by atomic mass is 27.0. The highest BCUT2D eigenvalue weighted by Crippen LogP contribution is 2.09. The highest BCUT2D eigenvalue weighted by Gasteiger charge is 1.91. The molecule has 0 amide bonds. The number of rotatable bonds is 10. The molecular formula is C12H27AlO. The molecule has 2 heteroatoms. The van der Waals surface area contributed by atoms with Gasteiger partial charge in [-0.2, -0.15) is 0 Å². The van der Waals surface area contributed by atoms with Crippen LogP contribution in [0.3, 0.4) is 0 Å². The van der Waals surface area contributed by atoms with Gasteiger partial charge in [0, 0.05) is 6.42 Å². The summed E-state index contributed by atoms with van der Waals surface area (Å²) in [6.45, 7) is 2.25. The fourth-order valence-corrected chi connectivity index (χ4v) is 1.54. The molecule has 84 valence electrons. The van der Waals surface area contributed by atoms with E-state index in [9.17, 15) is 4.79 Å². The van der Waals surface area contributed by atoms with Gasteiger partial charge in [0.2, 0.25) is 0 Å². The number of carbonyl (C=O) groups is 1. The molecule has 1 nitrogen and oxygen atoms in total. The van der Waals surface area contributed by atoms with Crippen molar-refractivity contribution in [2.75, 3.05) is 0 Å². The van der Waals surface area contributed by atoms with E-state index < -0.39 is 0 Å². The van der Waals surface area contributed by atoms with Crippen LogP contribution >= 0.6 is 0 Å². The van der Waals surface area contributed by atoms with Gasteiger partial charge in [0.05, 0.1) is 0 Å². The predicted octanol–water partition coefficient (Wildman–Crippen LogP) is 2.92. The Bertz CT molecular complexity index is 104. The van der Waals surface area contributed by atoms with E-state index in [1.807, 2.05) is 0 Å². The number of aldehydes is 1. The maximum absolute atomic E-state index is 10.0. The number of carbonyl (C=O) groups excluding carboxylic acids is 1. The Morgan fingerprint density at radius 1 is 0.786 bits per heavy atom. The van der Waals surface area contributed by atoms with Crippen LogP contribution in [0, 0.1) is 0 Å². The molecule has 0 aliphatic carbocycles. The second kappa shape index (κ2) is 15.7. The molecule has 0 aliphatic heterocycles. The third kappa shape index (κ3) is 14.7. The average molecular weight is 214 g/mol. The summed E-state index contributed by atoms with van der Waals surface area (Å²) in [5, 5.41) is 0. The van der Waals surface area contributed by atoms with E-state index in [4.69, 9.17) is 0 Å². The Hall–Kier alpha value is 0.202. The van der Waals surface area contributed by atoms with Crippen molar-refractivity contribution in [2.24, 2.45) is 0 Å². The van der Waals surface area contributed by atoms with Crippen LogP contribution < -0.4 is 0 Å². The van der Waals surface area contributed by atoms with Crippen LogP contribution in [0.25, 0.3) is 0 Å². The van der Waals surface area contributed by atoms with Crippen LogP contribution in [0.5, 0.6) is 0 Å². The fraction of sp³-hybridized carbons (Fsp3) is 0.917. The molecule has 0 aromatic heterocycles. The topological polar surface area (TPSA) is 17.1 Å². The van der Waals surface area contributed by atoms with Crippen LogP contribution in [0.4, 0.5) is 0 Å². The van der Waals surface area contributed by atoms with Crippen LogP contribution in [-0.2, 0) is 4.79 Å². The van der Waals surface area contributed by atoms with E-state index in [1.165, 1.54) is 51.4 Å². The summed E-state index contributed by atoms with van der Waals surface area (Å²) in [5.74, 6) is 0. The molecule has 0 saturated heterocycles. The van der Waals surface area contributed by atoms with E-state index in [1.54, 1.807) is 0 Å². The molecular weight excluding hydrogens is 187 g/mol. The van der Waals surface area contributed by atoms with Crippen molar-refractivity contribution in [3.8, 4) is 0 Å². The molecule has 0 heterocycles. The lowest BCUT2D eigenvalue weighted by molar-refractivity contribution is -0.107. The van der Waals surface area contributed by atoms with E-state index in [0.717, 1.165) is 19.1 Å². The number of hydrogen-bond acceptors (Lipinski definition) is 1. The first-order valence-corrected chi connectivity index (χ1v) is 5.85. The maximum atomic E-state index is 10.0. The van der Waals surface area contributed by atoms with Crippen molar-refractivity contribution < 1.29 is 4.79 Å². The quantitative estimate of drug-likeness (QED) is 0.310. The van der Waals surface area contributed by atoms with Crippen molar-refractivity contribution in [1.29, 1.82) is 0 Å². The molecule has 0 aromatic rings. The number of unbranched alkanes of at least 4 members (excludes halogenated alkanes) is 9. The van der Waals surface area contributed by atoms with Gasteiger partial charge in [-0.1, -0.05) is 58.3 Å². The molecule has 0 saturated carbocycles. The van der Waals surface area contributed by atoms with Crippen molar-refractivity contribution in [3.05, 3.63) is 0 Å². The summed E-state index contributed by atoms with van der Waals surface area (Å²) in [6.07, 6.45) is 13.7. The fourth-order valence-electron chi connectivity index (χ4n) is 1.54. The van der Waals surface area contributed by atoms with E-state index in [2.05, 4.69) is 6.92 Å². The Kier molecular flexibility index (Phi) is 18.6. The van der Waals surface area contributed by atoms with E-state index in [-0.39, 0.29) is 17.4 Å². The van der Waals surface area contributed by atoms with Gasteiger partial charge < -0.3 is 4.79 Å².